The Balaban J connectivity index is 1.23. The van der Waals surface area contributed by atoms with Gasteiger partial charge in [-0.05, 0) is 62.9 Å². The number of pyridine rings is 3. The molecule has 3 aromatic rings. The monoisotopic (exact) mass is 571 g/mol. The normalized spacial score (nSPS) is 22.5. The number of hydrogen-bond donors (Lipinski definition) is 3. The van der Waals surface area contributed by atoms with Crippen molar-refractivity contribution in [1.82, 2.24) is 30.9 Å². The fraction of sp³-hybridized carbons (Fsp3) is 0.310. The van der Waals surface area contributed by atoms with Crippen molar-refractivity contribution in [2.75, 3.05) is 4.90 Å². The average molecular weight is 572 g/mol. The van der Waals surface area contributed by atoms with Crippen LogP contribution in [0.4, 0.5) is 16.2 Å². The standard InChI is InChI=1S/C29H29N7O4S/c1-4-22(37)33-18-6-5-7-19(18)34-27(38)26-25-24-20(10-11-30-28(24)41-26)36(29(39)35-25)21-14-32-23(12-15(21)2)40-17-9-8-16(3)31-13-17/h4,8-14,18-19,25-26H,1,5-7H2,2-3H3,(H,33,37)(H,34,38)(H,35,39)/t18-,19+,25?,26?/m0/s1. The van der Waals surface area contributed by atoms with E-state index >= 15 is 0 Å². The number of rotatable bonds is 7. The Morgan fingerprint density at radius 1 is 1.10 bits per heavy atom. The van der Waals surface area contributed by atoms with Gasteiger partial charge in [-0.2, -0.15) is 0 Å². The van der Waals surface area contributed by atoms with Crippen LogP contribution in [0.1, 0.15) is 42.1 Å². The Hall–Kier alpha value is -4.45. The lowest BCUT2D eigenvalue weighted by molar-refractivity contribution is -0.122. The van der Waals surface area contributed by atoms with Gasteiger partial charge in [0.2, 0.25) is 17.7 Å². The maximum absolute atomic E-state index is 13.6. The van der Waals surface area contributed by atoms with E-state index in [-0.39, 0.29) is 29.9 Å². The van der Waals surface area contributed by atoms with Gasteiger partial charge in [0, 0.05) is 35.6 Å². The third kappa shape index (κ3) is 5.10. The highest BCUT2D eigenvalue weighted by atomic mass is 32.2. The van der Waals surface area contributed by atoms with Gasteiger partial charge in [0.15, 0.2) is 0 Å². The van der Waals surface area contributed by atoms with Crippen LogP contribution in [0.5, 0.6) is 11.6 Å². The van der Waals surface area contributed by atoms with Crippen molar-refractivity contribution in [3.8, 4) is 11.6 Å². The van der Waals surface area contributed by atoms with E-state index in [0.717, 1.165) is 36.1 Å². The molecule has 5 heterocycles. The lowest BCUT2D eigenvalue weighted by Crippen LogP contribution is -2.53. The third-order valence-electron chi connectivity index (χ3n) is 7.53. The summed E-state index contributed by atoms with van der Waals surface area (Å²) in [6, 6.07) is 5.97. The van der Waals surface area contributed by atoms with Crippen LogP contribution in [-0.4, -0.2) is 50.1 Å². The number of aryl methyl sites for hydroxylation is 2. The Bertz CT molecular complexity index is 1550. The highest BCUT2D eigenvalue weighted by Gasteiger charge is 2.47. The van der Waals surface area contributed by atoms with Gasteiger partial charge in [-0.3, -0.25) is 19.5 Å². The summed E-state index contributed by atoms with van der Waals surface area (Å²) in [5.74, 6) is 0.485. The number of anilines is 2. The summed E-state index contributed by atoms with van der Waals surface area (Å²) in [5.41, 5.74) is 3.71. The van der Waals surface area contributed by atoms with Crippen LogP contribution >= 0.6 is 11.8 Å². The fourth-order valence-electron chi connectivity index (χ4n) is 5.52. The summed E-state index contributed by atoms with van der Waals surface area (Å²) in [6.45, 7) is 7.29. The number of aromatic nitrogens is 3. The Morgan fingerprint density at radius 2 is 1.90 bits per heavy atom. The number of amides is 4. The van der Waals surface area contributed by atoms with E-state index in [1.54, 1.807) is 35.6 Å². The van der Waals surface area contributed by atoms with Crippen LogP contribution in [0.3, 0.4) is 0 Å². The number of carbonyl (C=O) groups excluding carboxylic acids is 3. The fourth-order valence-corrected chi connectivity index (χ4v) is 6.76. The predicted molar refractivity (Wildman–Crippen MR) is 153 cm³/mol. The van der Waals surface area contributed by atoms with E-state index in [1.165, 1.54) is 17.8 Å². The molecule has 3 aromatic heterocycles. The first-order chi connectivity index (χ1) is 19.8. The second kappa shape index (κ2) is 10.8. The highest BCUT2D eigenvalue weighted by molar-refractivity contribution is 8.01. The van der Waals surface area contributed by atoms with Crippen molar-refractivity contribution in [3.05, 3.63) is 72.3 Å². The number of carbonyl (C=O) groups is 3. The van der Waals surface area contributed by atoms with Gasteiger partial charge in [-0.1, -0.05) is 18.3 Å². The number of hydrogen-bond acceptors (Lipinski definition) is 8. The summed E-state index contributed by atoms with van der Waals surface area (Å²) in [5, 5.41) is 9.15. The molecule has 1 fully saturated rings. The highest BCUT2D eigenvalue weighted by Crippen LogP contribution is 2.51. The quantitative estimate of drug-likeness (QED) is 0.362. The van der Waals surface area contributed by atoms with E-state index in [9.17, 15) is 14.4 Å². The number of nitrogens with zero attached hydrogens (tertiary/aromatic N) is 4. The van der Waals surface area contributed by atoms with Crippen LogP contribution in [-0.2, 0) is 9.59 Å². The zero-order valence-corrected chi connectivity index (χ0v) is 23.4. The second-order valence-corrected chi connectivity index (χ2v) is 11.4. The molecule has 41 heavy (non-hydrogen) atoms. The largest absolute Gasteiger partial charge is 0.437 e. The summed E-state index contributed by atoms with van der Waals surface area (Å²) >= 11 is 1.33. The van der Waals surface area contributed by atoms with Crippen molar-refractivity contribution >= 4 is 41.0 Å². The third-order valence-corrected chi connectivity index (χ3v) is 8.82. The molecule has 1 aliphatic carbocycles. The zero-order chi connectivity index (χ0) is 28.7. The van der Waals surface area contributed by atoms with E-state index in [4.69, 9.17) is 4.74 Å². The molecule has 0 radical (unpaired) electrons. The van der Waals surface area contributed by atoms with Crippen molar-refractivity contribution in [3.63, 3.8) is 0 Å². The molecule has 0 aromatic carbocycles. The van der Waals surface area contributed by atoms with E-state index in [1.807, 2.05) is 26.0 Å². The van der Waals surface area contributed by atoms with Crippen LogP contribution in [0.25, 0.3) is 0 Å². The van der Waals surface area contributed by atoms with Gasteiger partial charge in [-0.25, -0.2) is 14.8 Å². The number of ether oxygens (including phenoxy) is 1. The lowest BCUT2D eigenvalue weighted by atomic mass is 9.99. The molecule has 0 bridgehead atoms. The van der Waals surface area contributed by atoms with Crippen molar-refractivity contribution in [2.45, 2.75) is 61.5 Å². The molecule has 12 heteroatoms. The van der Waals surface area contributed by atoms with Crippen LogP contribution in [0.15, 0.2) is 60.5 Å². The summed E-state index contributed by atoms with van der Waals surface area (Å²) in [7, 11) is 0. The molecule has 3 aliphatic rings. The van der Waals surface area contributed by atoms with E-state index in [0.29, 0.717) is 28.0 Å². The number of thioether (sulfide) groups is 1. The Kier molecular flexibility index (Phi) is 7.08. The number of urea groups is 1. The van der Waals surface area contributed by atoms with Gasteiger partial charge >= 0.3 is 6.03 Å². The minimum atomic E-state index is -0.598. The van der Waals surface area contributed by atoms with Crippen LogP contribution in [0, 0.1) is 13.8 Å². The van der Waals surface area contributed by atoms with Crippen molar-refractivity contribution < 1.29 is 19.1 Å². The zero-order valence-electron chi connectivity index (χ0n) is 22.6. The SMILES string of the molecule is C=CC(=O)N[C@H]1CCC[C@H]1NC(=O)C1Sc2nccc3c2C1NC(=O)N3c1cnc(Oc2ccc(C)nc2)cc1C. The maximum atomic E-state index is 13.6. The van der Waals surface area contributed by atoms with Crippen molar-refractivity contribution in [2.24, 2.45) is 0 Å². The summed E-state index contributed by atoms with van der Waals surface area (Å²) < 4.78 is 5.85. The first kappa shape index (κ1) is 26.8. The summed E-state index contributed by atoms with van der Waals surface area (Å²) in [4.78, 5) is 53.7. The molecule has 3 N–H and O–H groups in total. The lowest BCUT2D eigenvalue weighted by Gasteiger charge is -2.35. The van der Waals surface area contributed by atoms with Gasteiger partial charge in [0.1, 0.15) is 16.0 Å². The molecule has 4 amide bonds. The average Bonchev–Trinajstić information content (AvgIpc) is 3.55. The maximum Gasteiger partial charge on any atom is 0.327 e. The molecule has 2 unspecified atom stereocenters. The smallest absolute Gasteiger partial charge is 0.327 e. The molecule has 2 aliphatic heterocycles. The van der Waals surface area contributed by atoms with Gasteiger partial charge in [0.25, 0.3) is 0 Å². The van der Waals surface area contributed by atoms with Gasteiger partial charge < -0.3 is 20.7 Å². The molecule has 210 valence electrons. The summed E-state index contributed by atoms with van der Waals surface area (Å²) in [6.07, 6.45) is 8.55. The van der Waals surface area contributed by atoms with E-state index < -0.39 is 11.3 Å². The van der Waals surface area contributed by atoms with Gasteiger partial charge in [0.05, 0.1) is 29.8 Å². The Labute approximate surface area is 241 Å². The van der Waals surface area contributed by atoms with Gasteiger partial charge in [-0.15, -0.1) is 0 Å². The molecule has 6 rings (SSSR count). The second-order valence-electron chi connectivity index (χ2n) is 10.3. The molecule has 1 saturated carbocycles. The predicted octanol–water partition coefficient (Wildman–Crippen LogP) is 4.00. The topological polar surface area (TPSA) is 138 Å². The van der Waals surface area contributed by atoms with E-state index in [2.05, 4.69) is 37.5 Å². The molecule has 11 nitrogen and oxygen atoms in total. The minimum absolute atomic E-state index is 0.159. The number of nitrogens with one attached hydrogen (secondary N) is 3. The Morgan fingerprint density at radius 3 is 2.63 bits per heavy atom. The first-order valence-electron chi connectivity index (χ1n) is 13.4. The minimum Gasteiger partial charge on any atom is -0.437 e. The molecule has 4 atom stereocenters. The first-order valence-corrected chi connectivity index (χ1v) is 14.3. The molecular weight excluding hydrogens is 542 g/mol. The van der Waals surface area contributed by atoms with Crippen LogP contribution in [0.2, 0.25) is 0 Å². The molecule has 0 spiro atoms. The van der Waals surface area contributed by atoms with Crippen molar-refractivity contribution in [1.29, 1.82) is 0 Å². The van der Waals surface area contributed by atoms with Crippen LogP contribution < -0.4 is 25.6 Å². The molecular formula is C29H29N7O4S. The molecule has 0 saturated heterocycles.